The van der Waals surface area contributed by atoms with E-state index in [1.807, 2.05) is 0 Å². The fourth-order valence-electron chi connectivity index (χ4n) is 0.233. The number of aliphatic hydroxyl groups is 1. The molecular weight excluding hydrogens is 106 g/mol. The van der Waals surface area contributed by atoms with Crippen molar-refractivity contribution in [1.29, 1.82) is 0 Å². The Morgan fingerprint density at radius 2 is 2.38 bits per heavy atom. The number of aliphatic hydroxyl groups excluding tert-OH is 1. The zero-order valence-corrected chi connectivity index (χ0v) is 5.16. The van der Waals surface area contributed by atoms with Gasteiger partial charge < -0.3 is 10.0 Å². The fraction of sp³-hybridized carbons (Fsp3) is 0.800. The van der Waals surface area contributed by atoms with Crippen LogP contribution in [-0.4, -0.2) is 36.1 Å². The van der Waals surface area contributed by atoms with Crippen LogP contribution in [0.4, 0.5) is 0 Å². The maximum atomic E-state index is 9.92. The van der Waals surface area contributed by atoms with E-state index < -0.39 is 0 Å². The van der Waals surface area contributed by atoms with E-state index in [4.69, 9.17) is 5.11 Å². The van der Waals surface area contributed by atoms with Crippen molar-refractivity contribution < 1.29 is 9.90 Å². The van der Waals surface area contributed by atoms with E-state index in [0.29, 0.717) is 6.41 Å². The van der Waals surface area contributed by atoms with Gasteiger partial charge in [-0.05, 0) is 6.92 Å². The molecule has 0 aromatic carbocycles. The number of carbonyl (C=O) groups excluding carboxylic acids is 1. The Labute approximate surface area is 48.9 Å². The van der Waals surface area contributed by atoms with Crippen LogP contribution in [0.5, 0.6) is 0 Å². The van der Waals surface area contributed by atoms with Gasteiger partial charge in [0.05, 0.1) is 12.6 Å². The third-order valence-electron chi connectivity index (χ3n) is 1.13. The summed E-state index contributed by atoms with van der Waals surface area (Å²) in [5, 5.41) is 8.44. The van der Waals surface area contributed by atoms with Crippen molar-refractivity contribution >= 4 is 6.41 Å². The lowest BCUT2D eigenvalue weighted by molar-refractivity contribution is -0.119. The summed E-state index contributed by atoms with van der Waals surface area (Å²) in [6.07, 6.45) is 0.695. The molecule has 0 heterocycles. The summed E-state index contributed by atoms with van der Waals surface area (Å²) in [5.74, 6) is 0. The van der Waals surface area contributed by atoms with Crippen molar-refractivity contribution in [2.24, 2.45) is 0 Å². The van der Waals surface area contributed by atoms with Gasteiger partial charge in [0.2, 0.25) is 6.41 Å². The zero-order valence-electron chi connectivity index (χ0n) is 5.16. The largest absolute Gasteiger partial charge is 0.394 e. The topological polar surface area (TPSA) is 40.5 Å². The molecule has 0 aliphatic rings. The highest BCUT2D eigenvalue weighted by molar-refractivity contribution is 5.46. The lowest BCUT2D eigenvalue weighted by atomic mass is 10.3. The van der Waals surface area contributed by atoms with Crippen molar-refractivity contribution in [2.75, 3.05) is 13.7 Å². The molecule has 0 rings (SSSR count). The van der Waals surface area contributed by atoms with Gasteiger partial charge in [0.1, 0.15) is 0 Å². The molecule has 0 saturated heterocycles. The van der Waals surface area contributed by atoms with E-state index in [2.05, 4.69) is 0 Å². The van der Waals surface area contributed by atoms with Gasteiger partial charge >= 0.3 is 0 Å². The van der Waals surface area contributed by atoms with Crippen LogP contribution in [0.25, 0.3) is 0 Å². The van der Waals surface area contributed by atoms with Gasteiger partial charge in [0, 0.05) is 7.05 Å². The van der Waals surface area contributed by atoms with Gasteiger partial charge in [0.25, 0.3) is 0 Å². The minimum Gasteiger partial charge on any atom is -0.394 e. The van der Waals surface area contributed by atoms with Crippen LogP contribution in [0.3, 0.4) is 0 Å². The highest BCUT2D eigenvalue weighted by Crippen LogP contribution is 1.86. The molecule has 1 atom stereocenters. The van der Waals surface area contributed by atoms with Crippen molar-refractivity contribution in [3.63, 3.8) is 0 Å². The molecule has 1 amide bonds. The Bertz CT molecular complexity index is 74.8. The van der Waals surface area contributed by atoms with Crippen molar-refractivity contribution in [3.05, 3.63) is 0 Å². The quantitative estimate of drug-likeness (QED) is 0.504. The Morgan fingerprint density at radius 3 is 2.50 bits per heavy atom. The van der Waals surface area contributed by atoms with Crippen LogP contribution in [0, 0.1) is 0 Å². The molecule has 1 N–H and O–H groups in total. The van der Waals surface area contributed by atoms with Crippen LogP contribution < -0.4 is 0 Å². The summed E-state index contributed by atoms with van der Waals surface area (Å²) < 4.78 is 0. The van der Waals surface area contributed by atoms with Crippen LogP contribution in [0.15, 0.2) is 0 Å². The second kappa shape index (κ2) is 3.43. The predicted molar refractivity (Wildman–Crippen MR) is 30.4 cm³/mol. The summed E-state index contributed by atoms with van der Waals surface area (Å²) >= 11 is 0. The summed E-state index contributed by atoms with van der Waals surface area (Å²) in [4.78, 5) is 11.3. The average molecular weight is 117 g/mol. The molecule has 0 aromatic heterocycles. The highest BCUT2D eigenvalue weighted by Gasteiger charge is 2.01. The Morgan fingerprint density at radius 1 is 1.88 bits per heavy atom. The predicted octanol–water partition coefficient (Wildman–Crippen LogP) is -0.545. The second-order valence-corrected chi connectivity index (χ2v) is 1.80. The molecule has 0 radical (unpaired) electrons. The third-order valence-corrected chi connectivity index (χ3v) is 1.13. The normalized spacial score (nSPS) is 12.9. The standard InChI is InChI=1S/C5H11NO2/c1-5(3-7)6(2)4-8/h4-5,7H,3H2,1-2H3/t5-/m0/s1. The minimum absolute atomic E-state index is 0.0231. The molecule has 0 saturated carbocycles. The molecule has 0 aliphatic carbocycles. The Balaban J connectivity index is 3.44. The molecule has 3 heteroatoms. The lowest BCUT2D eigenvalue weighted by Crippen LogP contribution is -2.30. The number of nitrogens with zero attached hydrogens (tertiary/aromatic N) is 1. The highest BCUT2D eigenvalue weighted by atomic mass is 16.3. The molecule has 0 unspecified atom stereocenters. The van der Waals surface area contributed by atoms with Crippen LogP contribution in [-0.2, 0) is 4.79 Å². The smallest absolute Gasteiger partial charge is 0.209 e. The fourth-order valence-corrected chi connectivity index (χ4v) is 0.233. The van der Waals surface area contributed by atoms with E-state index in [1.165, 1.54) is 4.90 Å². The first kappa shape index (κ1) is 7.43. The van der Waals surface area contributed by atoms with Gasteiger partial charge in [0.15, 0.2) is 0 Å². The minimum atomic E-state index is -0.0625. The summed E-state index contributed by atoms with van der Waals surface area (Å²) in [5.41, 5.74) is 0. The SMILES string of the molecule is C[C@@H](CO)N(C)C=O. The third kappa shape index (κ3) is 1.93. The zero-order chi connectivity index (χ0) is 6.57. The maximum absolute atomic E-state index is 9.92. The van der Waals surface area contributed by atoms with Crippen LogP contribution in [0.2, 0.25) is 0 Å². The summed E-state index contributed by atoms with van der Waals surface area (Å²) in [6, 6.07) is -0.0625. The van der Waals surface area contributed by atoms with Gasteiger partial charge in [-0.2, -0.15) is 0 Å². The summed E-state index contributed by atoms with van der Waals surface area (Å²) in [6.45, 7) is 1.80. The molecule has 8 heavy (non-hydrogen) atoms. The first-order chi connectivity index (χ1) is 3.72. The number of carbonyl (C=O) groups is 1. The Kier molecular flexibility index (Phi) is 3.19. The monoisotopic (exact) mass is 117 g/mol. The van der Waals surface area contributed by atoms with Crippen LogP contribution >= 0.6 is 0 Å². The molecule has 0 bridgehead atoms. The maximum Gasteiger partial charge on any atom is 0.209 e. The number of amides is 1. The van der Waals surface area contributed by atoms with E-state index >= 15 is 0 Å². The Hall–Kier alpha value is -0.570. The van der Waals surface area contributed by atoms with Crippen molar-refractivity contribution in [2.45, 2.75) is 13.0 Å². The first-order valence-corrected chi connectivity index (χ1v) is 2.50. The molecule has 0 fully saturated rings. The molecule has 0 aromatic rings. The molecule has 0 spiro atoms. The lowest BCUT2D eigenvalue weighted by Gasteiger charge is -2.16. The second-order valence-electron chi connectivity index (χ2n) is 1.80. The van der Waals surface area contributed by atoms with Gasteiger partial charge in [-0.1, -0.05) is 0 Å². The number of rotatable bonds is 3. The summed E-state index contributed by atoms with van der Waals surface area (Å²) in [7, 11) is 1.63. The first-order valence-electron chi connectivity index (χ1n) is 2.50. The molecule has 48 valence electrons. The van der Waals surface area contributed by atoms with Crippen molar-refractivity contribution in [3.8, 4) is 0 Å². The van der Waals surface area contributed by atoms with Gasteiger partial charge in [-0.15, -0.1) is 0 Å². The number of hydrogen-bond acceptors (Lipinski definition) is 2. The van der Waals surface area contributed by atoms with Gasteiger partial charge in [-0.3, -0.25) is 4.79 Å². The molecule has 3 nitrogen and oxygen atoms in total. The average Bonchev–Trinajstić information content (AvgIpc) is 1.84. The van der Waals surface area contributed by atoms with E-state index in [0.717, 1.165) is 0 Å². The van der Waals surface area contributed by atoms with Gasteiger partial charge in [-0.25, -0.2) is 0 Å². The number of likely N-dealkylation sites (N-methyl/N-ethyl adjacent to an activating group) is 1. The van der Waals surface area contributed by atoms with Crippen molar-refractivity contribution in [1.82, 2.24) is 4.90 Å². The molecular formula is C5H11NO2. The number of hydrogen-bond donors (Lipinski definition) is 1. The van der Waals surface area contributed by atoms with E-state index in [-0.39, 0.29) is 12.6 Å². The van der Waals surface area contributed by atoms with E-state index in [9.17, 15) is 4.79 Å². The van der Waals surface area contributed by atoms with Crippen LogP contribution in [0.1, 0.15) is 6.92 Å². The molecule has 0 aliphatic heterocycles. The van der Waals surface area contributed by atoms with E-state index in [1.54, 1.807) is 14.0 Å².